The molecule has 0 aliphatic carbocycles. The molecule has 0 radical (unpaired) electrons. The van der Waals surface area contributed by atoms with E-state index in [1.807, 2.05) is 43.6 Å². The van der Waals surface area contributed by atoms with Crippen LogP contribution >= 0.6 is 15.9 Å². The first-order valence-corrected chi connectivity index (χ1v) is 6.27. The number of nitrogens with zero attached hydrogens (tertiary/aromatic N) is 2. The van der Waals surface area contributed by atoms with Gasteiger partial charge in [0.2, 0.25) is 0 Å². The van der Waals surface area contributed by atoms with Gasteiger partial charge in [-0.1, -0.05) is 28.1 Å². The van der Waals surface area contributed by atoms with Crippen LogP contribution in [0.15, 0.2) is 41.1 Å². The lowest BCUT2D eigenvalue weighted by molar-refractivity contribution is 0.702. The van der Waals surface area contributed by atoms with Crippen molar-refractivity contribution < 1.29 is 0 Å². The zero-order valence-corrected chi connectivity index (χ0v) is 11.2. The first kappa shape index (κ1) is 12.2. The summed E-state index contributed by atoms with van der Waals surface area (Å²) in [5.74, 6) is 0.791. The van der Waals surface area contributed by atoms with Crippen LogP contribution in [-0.2, 0) is 6.42 Å². The molecule has 2 aromatic rings. The standard InChI is InChI=1S/C13H14BrN3/c1-9(15)5-13-16-7-11(8-17-13)10-3-2-4-12(14)6-10/h2-4,6-9H,5,15H2,1H3. The second-order valence-corrected chi connectivity index (χ2v) is 5.00. The molecule has 0 bridgehead atoms. The van der Waals surface area contributed by atoms with E-state index in [0.29, 0.717) is 6.42 Å². The summed E-state index contributed by atoms with van der Waals surface area (Å²) in [6.07, 6.45) is 4.39. The fourth-order valence-corrected chi connectivity index (χ4v) is 1.96. The molecule has 1 aromatic carbocycles. The Hall–Kier alpha value is -1.26. The zero-order chi connectivity index (χ0) is 12.3. The highest BCUT2D eigenvalue weighted by molar-refractivity contribution is 9.10. The summed E-state index contributed by atoms with van der Waals surface area (Å²) in [5, 5.41) is 0. The molecule has 1 aromatic heterocycles. The van der Waals surface area contributed by atoms with E-state index < -0.39 is 0 Å². The normalized spacial score (nSPS) is 12.4. The molecule has 4 heteroatoms. The van der Waals surface area contributed by atoms with E-state index in [9.17, 15) is 0 Å². The summed E-state index contributed by atoms with van der Waals surface area (Å²) in [5.41, 5.74) is 7.82. The number of halogens is 1. The molecule has 3 nitrogen and oxygen atoms in total. The lowest BCUT2D eigenvalue weighted by Gasteiger charge is -2.05. The fourth-order valence-electron chi connectivity index (χ4n) is 1.57. The third-order valence-electron chi connectivity index (χ3n) is 2.37. The molecule has 0 aliphatic rings. The van der Waals surface area contributed by atoms with Gasteiger partial charge < -0.3 is 5.73 Å². The van der Waals surface area contributed by atoms with Crippen LogP contribution in [0.3, 0.4) is 0 Å². The highest BCUT2D eigenvalue weighted by atomic mass is 79.9. The van der Waals surface area contributed by atoms with Crippen LogP contribution < -0.4 is 5.73 Å². The van der Waals surface area contributed by atoms with Gasteiger partial charge in [0, 0.05) is 34.9 Å². The smallest absolute Gasteiger partial charge is 0.129 e. The minimum Gasteiger partial charge on any atom is -0.328 e. The number of benzene rings is 1. The summed E-state index contributed by atoms with van der Waals surface area (Å²) in [6.45, 7) is 1.95. The van der Waals surface area contributed by atoms with E-state index >= 15 is 0 Å². The van der Waals surface area contributed by atoms with E-state index in [4.69, 9.17) is 5.73 Å². The maximum absolute atomic E-state index is 5.71. The van der Waals surface area contributed by atoms with Crippen molar-refractivity contribution in [1.29, 1.82) is 0 Å². The van der Waals surface area contributed by atoms with Crippen LogP contribution in [0.5, 0.6) is 0 Å². The summed E-state index contributed by atoms with van der Waals surface area (Å²) < 4.78 is 1.05. The SMILES string of the molecule is CC(N)Cc1ncc(-c2cccc(Br)c2)cn1. The third kappa shape index (κ3) is 3.35. The average Bonchev–Trinajstić information content (AvgIpc) is 2.29. The van der Waals surface area contributed by atoms with Gasteiger partial charge in [-0.15, -0.1) is 0 Å². The Bertz CT molecular complexity index is 494. The number of hydrogen-bond acceptors (Lipinski definition) is 3. The molecule has 2 N–H and O–H groups in total. The Morgan fingerprint density at radius 1 is 1.24 bits per heavy atom. The second-order valence-electron chi connectivity index (χ2n) is 4.08. The first-order chi connectivity index (χ1) is 8.15. The van der Waals surface area contributed by atoms with Crippen LogP contribution in [0.25, 0.3) is 11.1 Å². The number of rotatable bonds is 3. The Kier molecular flexibility index (Phi) is 3.86. The van der Waals surface area contributed by atoms with Crippen molar-refractivity contribution in [2.24, 2.45) is 5.73 Å². The van der Waals surface area contributed by atoms with Crippen LogP contribution in [0.2, 0.25) is 0 Å². The maximum atomic E-state index is 5.71. The third-order valence-corrected chi connectivity index (χ3v) is 2.86. The summed E-state index contributed by atoms with van der Waals surface area (Å²) in [4.78, 5) is 8.64. The predicted octanol–water partition coefficient (Wildman–Crippen LogP) is 2.80. The molecule has 1 unspecified atom stereocenters. The first-order valence-electron chi connectivity index (χ1n) is 5.47. The van der Waals surface area contributed by atoms with Crippen molar-refractivity contribution in [3.05, 3.63) is 47.0 Å². The summed E-state index contributed by atoms with van der Waals surface area (Å²) in [6, 6.07) is 8.16. The van der Waals surface area contributed by atoms with Crippen LogP contribution in [0.4, 0.5) is 0 Å². The molecule has 0 amide bonds. The molecule has 0 fully saturated rings. The average molecular weight is 292 g/mol. The van der Waals surface area contributed by atoms with Gasteiger partial charge in [-0.2, -0.15) is 0 Å². The van der Waals surface area contributed by atoms with Gasteiger partial charge in [0.25, 0.3) is 0 Å². The van der Waals surface area contributed by atoms with Crippen molar-refractivity contribution in [2.45, 2.75) is 19.4 Å². The van der Waals surface area contributed by atoms with Crippen LogP contribution in [0, 0.1) is 0 Å². The quantitative estimate of drug-likeness (QED) is 0.946. The number of nitrogens with two attached hydrogens (primary N) is 1. The second kappa shape index (κ2) is 5.38. The van der Waals surface area contributed by atoms with E-state index in [-0.39, 0.29) is 6.04 Å². The van der Waals surface area contributed by atoms with E-state index in [2.05, 4.69) is 25.9 Å². The Labute approximate surface area is 109 Å². The maximum Gasteiger partial charge on any atom is 0.129 e. The van der Waals surface area contributed by atoms with Crippen molar-refractivity contribution in [1.82, 2.24) is 9.97 Å². The largest absolute Gasteiger partial charge is 0.328 e. The topological polar surface area (TPSA) is 51.8 Å². The number of aromatic nitrogens is 2. The Balaban J connectivity index is 2.23. The Morgan fingerprint density at radius 3 is 2.53 bits per heavy atom. The van der Waals surface area contributed by atoms with Gasteiger partial charge in [-0.3, -0.25) is 0 Å². The van der Waals surface area contributed by atoms with Gasteiger partial charge in [0.15, 0.2) is 0 Å². The molecule has 1 atom stereocenters. The van der Waals surface area contributed by atoms with Crippen molar-refractivity contribution in [3.8, 4) is 11.1 Å². The van der Waals surface area contributed by atoms with Gasteiger partial charge in [-0.25, -0.2) is 9.97 Å². The molecule has 88 valence electrons. The highest BCUT2D eigenvalue weighted by Gasteiger charge is 2.03. The van der Waals surface area contributed by atoms with Crippen molar-refractivity contribution in [2.75, 3.05) is 0 Å². The molecule has 0 spiro atoms. The van der Waals surface area contributed by atoms with Gasteiger partial charge in [-0.05, 0) is 24.6 Å². The fraction of sp³-hybridized carbons (Fsp3) is 0.231. The van der Waals surface area contributed by atoms with Crippen molar-refractivity contribution in [3.63, 3.8) is 0 Å². The molecule has 0 aliphatic heterocycles. The lowest BCUT2D eigenvalue weighted by atomic mass is 10.1. The molecule has 1 heterocycles. The van der Waals surface area contributed by atoms with E-state index in [1.165, 1.54) is 0 Å². The predicted molar refractivity (Wildman–Crippen MR) is 72.5 cm³/mol. The molecular formula is C13H14BrN3. The summed E-state index contributed by atoms with van der Waals surface area (Å²) >= 11 is 3.45. The lowest BCUT2D eigenvalue weighted by Crippen LogP contribution is -2.19. The minimum absolute atomic E-state index is 0.0896. The van der Waals surface area contributed by atoms with Crippen LogP contribution in [0.1, 0.15) is 12.7 Å². The van der Waals surface area contributed by atoms with Crippen molar-refractivity contribution >= 4 is 15.9 Å². The zero-order valence-electron chi connectivity index (χ0n) is 9.60. The monoisotopic (exact) mass is 291 g/mol. The minimum atomic E-state index is 0.0896. The van der Waals surface area contributed by atoms with Crippen LogP contribution in [-0.4, -0.2) is 16.0 Å². The summed E-state index contributed by atoms with van der Waals surface area (Å²) in [7, 11) is 0. The van der Waals surface area contributed by atoms with Gasteiger partial charge >= 0.3 is 0 Å². The Morgan fingerprint density at radius 2 is 1.94 bits per heavy atom. The molecule has 17 heavy (non-hydrogen) atoms. The molecular weight excluding hydrogens is 278 g/mol. The molecule has 0 saturated carbocycles. The van der Waals surface area contributed by atoms with E-state index in [0.717, 1.165) is 21.4 Å². The number of hydrogen-bond donors (Lipinski definition) is 1. The van der Waals surface area contributed by atoms with Gasteiger partial charge in [0.1, 0.15) is 5.82 Å². The highest BCUT2D eigenvalue weighted by Crippen LogP contribution is 2.21. The molecule has 0 saturated heterocycles. The molecule has 2 rings (SSSR count). The van der Waals surface area contributed by atoms with Gasteiger partial charge in [0.05, 0.1) is 0 Å². The van der Waals surface area contributed by atoms with E-state index in [1.54, 1.807) is 0 Å².